The van der Waals surface area contributed by atoms with Gasteiger partial charge in [0.15, 0.2) is 0 Å². The molecule has 1 unspecified atom stereocenters. The lowest BCUT2D eigenvalue weighted by atomic mass is 10.0. The molecule has 1 fully saturated rings. The first-order valence-electron chi connectivity index (χ1n) is 10.2. The van der Waals surface area contributed by atoms with Crippen LogP contribution in [0.5, 0.6) is 0 Å². The predicted octanol–water partition coefficient (Wildman–Crippen LogP) is 5.02. The van der Waals surface area contributed by atoms with Gasteiger partial charge in [0, 0.05) is 17.2 Å². The Labute approximate surface area is 180 Å². The highest BCUT2D eigenvalue weighted by atomic mass is 16.6. The maximum atomic E-state index is 12.7. The van der Waals surface area contributed by atoms with Crippen molar-refractivity contribution < 1.29 is 9.53 Å². The summed E-state index contributed by atoms with van der Waals surface area (Å²) in [4.78, 5) is 22.4. The number of imidazole rings is 1. The van der Waals surface area contributed by atoms with Gasteiger partial charge in [-0.15, -0.1) is 19.3 Å². The van der Waals surface area contributed by atoms with E-state index < -0.39 is 5.60 Å². The van der Waals surface area contributed by atoms with Crippen LogP contribution in [0.25, 0.3) is 11.3 Å². The molecule has 1 aromatic carbocycles. The van der Waals surface area contributed by atoms with Crippen molar-refractivity contribution in [1.82, 2.24) is 14.9 Å². The molecule has 0 saturated heterocycles. The average Bonchev–Trinajstić information content (AvgIpc) is 3.24. The highest BCUT2D eigenvalue weighted by Gasteiger charge is 2.42. The molecule has 0 aliphatic heterocycles. The van der Waals surface area contributed by atoms with Crippen molar-refractivity contribution >= 4 is 6.09 Å². The van der Waals surface area contributed by atoms with Crippen molar-refractivity contribution in [2.24, 2.45) is 5.92 Å². The van der Waals surface area contributed by atoms with Gasteiger partial charge in [-0.1, -0.05) is 25.8 Å². The predicted molar refractivity (Wildman–Crippen MR) is 121 cm³/mol. The van der Waals surface area contributed by atoms with Gasteiger partial charge in [0.25, 0.3) is 0 Å². The molecule has 2 atom stereocenters. The van der Waals surface area contributed by atoms with Gasteiger partial charge in [-0.25, -0.2) is 9.78 Å². The van der Waals surface area contributed by atoms with E-state index in [0.717, 1.165) is 35.5 Å². The van der Waals surface area contributed by atoms with Crippen molar-refractivity contribution in [3.05, 3.63) is 41.3 Å². The third-order valence-electron chi connectivity index (χ3n) is 4.99. The minimum atomic E-state index is -0.517. The lowest BCUT2D eigenvalue weighted by molar-refractivity contribution is 0.0203. The fourth-order valence-corrected chi connectivity index (χ4v) is 3.35. The number of benzene rings is 1. The van der Waals surface area contributed by atoms with Crippen LogP contribution in [-0.2, 0) is 17.7 Å². The Morgan fingerprint density at radius 3 is 2.57 bits per heavy atom. The van der Waals surface area contributed by atoms with Crippen LogP contribution in [0.2, 0.25) is 0 Å². The number of H-pyrrole nitrogens is 1. The van der Waals surface area contributed by atoms with E-state index in [9.17, 15) is 4.79 Å². The van der Waals surface area contributed by atoms with Crippen molar-refractivity contribution in [2.45, 2.75) is 65.6 Å². The van der Waals surface area contributed by atoms with Crippen LogP contribution in [0.4, 0.5) is 4.79 Å². The maximum absolute atomic E-state index is 12.7. The first kappa shape index (κ1) is 23.1. The maximum Gasteiger partial charge on any atom is 0.410 e. The molecule has 0 bridgehead atoms. The molecule has 1 amide bonds. The average molecular weight is 406 g/mol. The Hall–Kier alpha value is -3.18. The number of nitrogens with zero attached hydrogens (tertiary/aromatic N) is 2. The van der Waals surface area contributed by atoms with Gasteiger partial charge < -0.3 is 9.72 Å². The van der Waals surface area contributed by atoms with Crippen LogP contribution >= 0.6 is 0 Å². The van der Waals surface area contributed by atoms with Gasteiger partial charge in [0.2, 0.25) is 0 Å². The summed E-state index contributed by atoms with van der Waals surface area (Å²) in [7, 11) is 0. The number of aryl methyl sites for hydroxylation is 1. The fraction of sp³-hybridized carbons (Fsp3) is 0.440. The molecule has 158 valence electrons. The SMILES string of the molecule is C#C.C#Cc1ccc(-c2cnc(CN(C(=O)OC(C)(C)C)C3C[C@H]3C)[nH]2)c(CC)c1. The monoisotopic (exact) mass is 405 g/mol. The van der Waals surface area contributed by atoms with Crippen LogP contribution in [0.1, 0.15) is 58.0 Å². The zero-order valence-electron chi connectivity index (χ0n) is 18.5. The molecule has 1 aliphatic carbocycles. The number of amides is 1. The van der Waals surface area contributed by atoms with Crippen LogP contribution in [0.15, 0.2) is 24.4 Å². The van der Waals surface area contributed by atoms with E-state index in [0.29, 0.717) is 12.5 Å². The van der Waals surface area contributed by atoms with E-state index in [-0.39, 0.29) is 12.1 Å². The summed E-state index contributed by atoms with van der Waals surface area (Å²) in [6, 6.07) is 6.22. The second kappa shape index (κ2) is 9.55. The largest absolute Gasteiger partial charge is 0.444 e. The Balaban J connectivity index is 0.00000155. The number of aromatic amines is 1. The van der Waals surface area contributed by atoms with Crippen molar-refractivity contribution in [3.63, 3.8) is 0 Å². The zero-order valence-corrected chi connectivity index (χ0v) is 18.5. The number of carbonyl (C=O) groups is 1. The highest BCUT2D eigenvalue weighted by Crippen LogP contribution is 2.36. The Bertz CT molecular complexity index is 943. The van der Waals surface area contributed by atoms with Crippen molar-refractivity contribution in [1.29, 1.82) is 0 Å². The lowest BCUT2D eigenvalue weighted by Crippen LogP contribution is -2.38. The summed E-state index contributed by atoms with van der Waals surface area (Å²) in [6.07, 6.45) is 16.9. The summed E-state index contributed by atoms with van der Waals surface area (Å²) in [6.45, 7) is 10.3. The molecule has 30 heavy (non-hydrogen) atoms. The summed E-state index contributed by atoms with van der Waals surface area (Å²) >= 11 is 0. The second-order valence-corrected chi connectivity index (χ2v) is 8.50. The first-order valence-corrected chi connectivity index (χ1v) is 10.2. The summed E-state index contributed by atoms with van der Waals surface area (Å²) in [5.41, 5.74) is 3.55. The molecule has 2 aromatic rings. The number of carbonyl (C=O) groups excluding carboxylic acids is 1. The van der Waals surface area contributed by atoms with E-state index in [1.807, 2.05) is 45.2 Å². The lowest BCUT2D eigenvalue weighted by Gasteiger charge is -2.27. The van der Waals surface area contributed by atoms with E-state index in [2.05, 4.69) is 42.6 Å². The van der Waals surface area contributed by atoms with Crippen LogP contribution in [0.3, 0.4) is 0 Å². The molecular weight excluding hydrogens is 374 g/mol. The first-order chi connectivity index (χ1) is 14.2. The number of rotatable bonds is 5. The topological polar surface area (TPSA) is 58.2 Å². The standard InChI is InChI=1S/C23H29N3O2.C2H2/c1-7-16-9-10-18(17(8-2)12-16)19-13-24-21(25-19)14-26(20-11-15(20)3)22(27)28-23(4,5)6;1-2/h1,9-10,12-13,15,20H,8,11,14H2,2-6H3,(H,24,25);1-2H/t15-,20?;/m1./s1. The summed E-state index contributed by atoms with van der Waals surface area (Å²) in [5.74, 6) is 3.93. The van der Waals surface area contributed by atoms with Gasteiger partial charge in [0.05, 0.1) is 18.4 Å². The summed E-state index contributed by atoms with van der Waals surface area (Å²) < 4.78 is 5.60. The van der Waals surface area contributed by atoms with E-state index in [1.165, 1.54) is 5.56 Å². The van der Waals surface area contributed by atoms with Gasteiger partial charge in [0.1, 0.15) is 11.4 Å². The molecule has 0 spiro atoms. The van der Waals surface area contributed by atoms with Crippen LogP contribution < -0.4 is 0 Å². The molecule has 1 N–H and O–H groups in total. The van der Waals surface area contributed by atoms with Crippen LogP contribution in [0, 0.1) is 31.1 Å². The summed E-state index contributed by atoms with van der Waals surface area (Å²) in [5, 5.41) is 0. The molecule has 5 nitrogen and oxygen atoms in total. The third-order valence-corrected chi connectivity index (χ3v) is 4.99. The van der Waals surface area contributed by atoms with Gasteiger partial charge in [-0.3, -0.25) is 4.90 Å². The smallest absolute Gasteiger partial charge is 0.410 e. The van der Waals surface area contributed by atoms with Gasteiger partial charge >= 0.3 is 6.09 Å². The van der Waals surface area contributed by atoms with Crippen molar-refractivity contribution in [3.8, 4) is 36.4 Å². The molecule has 1 heterocycles. The molecule has 1 aliphatic rings. The molecule has 1 aromatic heterocycles. The number of nitrogens with one attached hydrogen (secondary N) is 1. The Morgan fingerprint density at radius 2 is 2.03 bits per heavy atom. The van der Waals surface area contributed by atoms with E-state index in [1.54, 1.807) is 4.90 Å². The van der Waals surface area contributed by atoms with E-state index in [4.69, 9.17) is 11.2 Å². The zero-order chi connectivity index (χ0) is 22.5. The number of terminal acetylenes is 2. The molecule has 3 rings (SSSR count). The quantitative estimate of drug-likeness (QED) is 0.711. The fourth-order valence-electron chi connectivity index (χ4n) is 3.35. The number of hydrogen-bond acceptors (Lipinski definition) is 3. The minimum absolute atomic E-state index is 0.213. The Kier molecular flexibility index (Phi) is 7.35. The third kappa shape index (κ3) is 5.67. The van der Waals surface area contributed by atoms with Crippen molar-refractivity contribution in [2.75, 3.05) is 0 Å². The molecule has 1 saturated carbocycles. The molecular formula is C25H31N3O2. The Morgan fingerprint density at radius 1 is 1.37 bits per heavy atom. The minimum Gasteiger partial charge on any atom is -0.444 e. The van der Waals surface area contributed by atoms with E-state index >= 15 is 0 Å². The number of aromatic nitrogens is 2. The van der Waals surface area contributed by atoms with Gasteiger partial charge in [-0.05, 0) is 57.2 Å². The van der Waals surface area contributed by atoms with Crippen LogP contribution in [-0.4, -0.2) is 32.6 Å². The molecule has 5 heteroatoms. The number of hydrogen-bond donors (Lipinski definition) is 1. The highest BCUT2D eigenvalue weighted by molar-refractivity contribution is 5.69. The number of ether oxygens (including phenoxy) is 1. The molecule has 0 radical (unpaired) electrons. The second-order valence-electron chi connectivity index (χ2n) is 8.50. The van der Waals surface area contributed by atoms with Gasteiger partial charge in [-0.2, -0.15) is 0 Å². The normalized spacial score (nSPS) is 17.3.